The van der Waals surface area contributed by atoms with E-state index in [0.717, 1.165) is 30.3 Å². The van der Waals surface area contributed by atoms with E-state index in [0.29, 0.717) is 12.5 Å². The van der Waals surface area contributed by atoms with Crippen molar-refractivity contribution in [3.63, 3.8) is 0 Å². The summed E-state index contributed by atoms with van der Waals surface area (Å²) in [5, 5.41) is 10.4. The van der Waals surface area contributed by atoms with Crippen molar-refractivity contribution >= 4 is 0 Å². The van der Waals surface area contributed by atoms with Crippen LogP contribution in [0.15, 0.2) is 24.3 Å². The normalized spacial score (nSPS) is 26.1. The van der Waals surface area contributed by atoms with E-state index in [4.69, 9.17) is 4.74 Å². The minimum absolute atomic E-state index is 0.475. The Morgan fingerprint density at radius 1 is 1.32 bits per heavy atom. The number of hydrogen-bond acceptors (Lipinski definition) is 3. The van der Waals surface area contributed by atoms with E-state index in [2.05, 4.69) is 18.7 Å². The van der Waals surface area contributed by atoms with Gasteiger partial charge in [0, 0.05) is 18.7 Å². The first-order valence-corrected chi connectivity index (χ1v) is 7.15. The predicted octanol–water partition coefficient (Wildman–Crippen LogP) is 2.71. The highest BCUT2D eigenvalue weighted by atomic mass is 16.5. The molecule has 1 fully saturated rings. The largest absolute Gasteiger partial charge is 0.496 e. The van der Waals surface area contributed by atoms with Gasteiger partial charge in [-0.1, -0.05) is 32.0 Å². The maximum absolute atomic E-state index is 10.4. The highest BCUT2D eigenvalue weighted by molar-refractivity contribution is 5.35. The lowest BCUT2D eigenvalue weighted by Gasteiger charge is -2.36. The van der Waals surface area contributed by atoms with Gasteiger partial charge in [0.15, 0.2) is 0 Å². The average Bonchev–Trinajstić information content (AvgIpc) is 2.43. The van der Waals surface area contributed by atoms with Crippen molar-refractivity contribution in [2.24, 2.45) is 11.8 Å². The maximum atomic E-state index is 10.4. The van der Waals surface area contributed by atoms with E-state index in [1.807, 2.05) is 24.3 Å². The van der Waals surface area contributed by atoms with Crippen molar-refractivity contribution in [2.45, 2.75) is 26.4 Å². The Bertz CT molecular complexity index is 407. The molecule has 1 aromatic rings. The zero-order valence-electron chi connectivity index (χ0n) is 12.2. The van der Waals surface area contributed by atoms with Gasteiger partial charge in [0.2, 0.25) is 0 Å². The number of nitrogens with zero attached hydrogens (tertiary/aromatic N) is 1. The Morgan fingerprint density at radius 2 is 2.05 bits per heavy atom. The van der Waals surface area contributed by atoms with Gasteiger partial charge in [-0.3, -0.25) is 0 Å². The van der Waals surface area contributed by atoms with Crippen LogP contribution in [0.5, 0.6) is 5.75 Å². The van der Waals surface area contributed by atoms with Gasteiger partial charge in [-0.15, -0.1) is 0 Å². The first kappa shape index (κ1) is 14.4. The number of hydrogen-bond donors (Lipinski definition) is 1. The molecule has 1 aromatic carbocycles. The molecule has 1 aliphatic heterocycles. The molecule has 19 heavy (non-hydrogen) atoms. The van der Waals surface area contributed by atoms with Gasteiger partial charge in [-0.05, 0) is 30.9 Å². The molecule has 0 radical (unpaired) electrons. The fraction of sp³-hybridized carbons (Fsp3) is 0.625. The SMILES string of the molecule is COc1ccccc1C(O)CN1CCC(C)C(C)C1. The Balaban J connectivity index is 1.99. The van der Waals surface area contributed by atoms with Crippen LogP contribution in [0.1, 0.15) is 31.9 Å². The fourth-order valence-corrected chi connectivity index (χ4v) is 2.80. The van der Waals surface area contributed by atoms with Crippen molar-refractivity contribution in [3.8, 4) is 5.75 Å². The molecule has 0 spiro atoms. The van der Waals surface area contributed by atoms with E-state index in [9.17, 15) is 5.11 Å². The van der Waals surface area contributed by atoms with Gasteiger partial charge in [0.25, 0.3) is 0 Å². The summed E-state index contributed by atoms with van der Waals surface area (Å²) in [7, 11) is 1.65. The van der Waals surface area contributed by atoms with Gasteiger partial charge >= 0.3 is 0 Å². The molecular formula is C16H25NO2. The van der Waals surface area contributed by atoms with Crippen molar-refractivity contribution in [1.29, 1.82) is 0 Å². The number of aliphatic hydroxyl groups excluding tert-OH is 1. The zero-order valence-corrected chi connectivity index (χ0v) is 12.2. The van der Waals surface area contributed by atoms with Crippen LogP contribution in [-0.4, -0.2) is 36.8 Å². The van der Waals surface area contributed by atoms with Gasteiger partial charge in [0.1, 0.15) is 5.75 Å². The molecule has 3 unspecified atom stereocenters. The third-order valence-corrected chi connectivity index (χ3v) is 4.35. The van der Waals surface area contributed by atoms with E-state index >= 15 is 0 Å². The van der Waals surface area contributed by atoms with Crippen LogP contribution < -0.4 is 4.74 Å². The number of rotatable bonds is 4. The Labute approximate surface area is 116 Å². The predicted molar refractivity (Wildman–Crippen MR) is 77.3 cm³/mol. The lowest BCUT2D eigenvalue weighted by atomic mass is 9.88. The second kappa shape index (κ2) is 6.40. The summed E-state index contributed by atoms with van der Waals surface area (Å²) in [6, 6.07) is 7.72. The van der Waals surface area contributed by atoms with Crippen molar-refractivity contribution in [3.05, 3.63) is 29.8 Å². The highest BCUT2D eigenvalue weighted by Gasteiger charge is 2.25. The Kier molecular flexibility index (Phi) is 4.83. The van der Waals surface area contributed by atoms with Crippen LogP contribution >= 0.6 is 0 Å². The summed E-state index contributed by atoms with van der Waals surface area (Å²) >= 11 is 0. The van der Waals surface area contributed by atoms with Crippen LogP contribution in [0, 0.1) is 11.8 Å². The molecule has 0 aliphatic carbocycles. The zero-order chi connectivity index (χ0) is 13.8. The second-order valence-corrected chi connectivity index (χ2v) is 5.76. The molecule has 1 N–H and O–H groups in total. The van der Waals surface area contributed by atoms with Gasteiger partial charge in [0.05, 0.1) is 13.2 Å². The molecule has 0 saturated carbocycles. The molecule has 2 rings (SSSR count). The fourth-order valence-electron chi connectivity index (χ4n) is 2.80. The minimum Gasteiger partial charge on any atom is -0.496 e. The van der Waals surface area contributed by atoms with Crippen molar-refractivity contribution in [2.75, 3.05) is 26.7 Å². The van der Waals surface area contributed by atoms with Crippen LogP contribution in [0.2, 0.25) is 0 Å². The standard InChI is InChI=1S/C16H25NO2/c1-12-8-9-17(10-13(12)2)11-15(18)14-6-4-5-7-16(14)19-3/h4-7,12-13,15,18H,8-11H2,1-3H3. The summed E-state index contributed by atoms with van der Waals surface area (Å²) in [6.45, 7) is 7.47. The lowest BCUT2D eigenvalue weighted by Crippen LogP contribution is -2.40. The summed E-state index contributed by atoms with van der Waals surface area (Å²) in [6.07, 6.45) is 0.747. The molecule has 3 atom stereocenters. The Morgan fingerprint density at radius 3 is 2.74 bits per heavy atom. The number of likely N-dealkylation sites (tertiary alicyclic amines) is 1. The van der Waals surface area contributed by atoms with Crippen molar-refractivity contribution in [1.82, 2.24) is 4.90 Å². The molecule has 106 valence electrons. The highest BCUT2D eigenvalue weighted by Crippen LogP contribution is 2.28. The molecule has 3 nitrogen and oxygen atoms in total. The first-order chi connectivity index (χ1) is 9.11. The molecular weight excluding hydrogens is 238 g/mol. The molecule has 0 amide bonds. The van der Waals surface area contributed by atoms with E-state index in [1.54, 1.807) is 7.11 Å². The number of benzene rings is 1. The number of ether oxygens (including phenoxy) is 1. The van der Waals surface area contributed by atoms with E-state index in [1.165, 1.54) is 6.42 Å². The van der Waals surface area contributed by atoms with E-state index in [-0.39, 0.29) is 0 Å². The van der Waals surface area contributed by atoms with Crippen LogP contribution in [0.25, 0.3) is 0 Å². The molecule has 3 heteroatoms. The third kappa shape index (κ3) is 3.48. The average molecular weight is 263 g/mol. The second-order valence-electron chi connectivity index (χ2n) is 5.76. The molecule has 0 aromatic heterocycles. The summed E-state index contributed by atoms with van der Waals surface area (Å²) in [4.78, 5) is 2.36. The smallest absolute Gasteiger partial charge is 0.124 e. The van der Waals surface area contributed by atoms with Gasteiger partial charge in [-0.25, -0.2) is 0 Å². The Hall–Kier alpha value is -1.06. The minimum atomic E-state index is -0.475. The summed E-state index contributed by atoms with van der Waals surface area (Å²) in [5.41, 5.74) is 0.885. The molecule has 1 saturated heterocycles. The maximum Gasteiger partial charge on any atom is 0.124 e. The molecule has 0 bridgehead atoms. The van der Waals surface area contributed by atoms with Crippen LogP contribution in [0.3, 0.4) is 0 Å². The van der Waals surface area contributed by atoms with E-state index < -0.39 is 6.10 Å². The summed E-state index contributed by atoms with van der Waals surface area (Å²) in [5.74, 6) is 2.27. The van der Waals surface area contributed by atoms with Crippen molar-refractivity contribution < 1.29 is 9.84 Å². The number of β-amino-alcohol motifs (C(OH)–C–C–N with tert-alkyl or cyclic N) is 1. The van der Waals surface area contributed by atoms with Crippen LogP contribution in [-0.2, 0) is 0 Å². The number of methoxy groups -OCH3 is 1. The van der Waals surface area contributed by atoms with Gasteiger partial charge < -0.3 is 14.7 Å². The first-order valence-electron chi connectivity index (χ1n) is 7.15. The topological polar surface area (TPSA) is 32.7 Å². The lowest BCUT2D eigenvalue weighted by molar-refractivity contribution is 0.0693. The number of para-hydroxylation sites is 1. The van der Waals surface area contributed by atoms with Gasteiger partial charge in [-0.2, -0.15) is 0 Å². The molecule has 1 heterocycles. The third-order valence-electron chi connectivity index (χ3n) is 4.35. The summed E-state index contributed by atoms with van der Waals surface area (Å²) < 4.78 is 5.32. The van der Waals surface area contributed by atoms with Crippen LogP contribution in [0.4, 0.5) is 0 Å². The number of piperidine rings is 1. The quantitative estimate of drug-likeness (QED) is 0.906. The molecule has 1 aliphatic rings. The number of aliphatic hydroxyl groups is 1. The monoisotopic (exact) mass is 263 g/mol.